The number of halogens is 1. The van der Waals surface area contributed by atoms with E-state index in [1.54, 1.807) is 0 Å². The van der Waals surface area contributed by atoms with Crippen molar-refractivity contribution in [2.45, 2.75) is 83.3 Å². The number of aliphatic hydroxyl groups is 2. The van der Waals surface area contributed by atoms with Gasteiger partial charge in [-0.15, -0.1) is 0 Å². The highest BCUT2D eigenvalue weighted by Crippen LogP contribution is 2.38. The van der Waals surface area contributed by atoms with Gasteiger partial charge in [0.15, 0.2) is 0 Å². The number of hydrogen-bond acceptors (Lipinski definition) is 6. The molecule has 1 aromatic carbocycles. The van der Waals surface area contributed by atoms with Crippen LogP contribution >= 0.6 is 11.6 Å². The summed E-state index contributed by atoms with van der Waals surface area (Å²) in [6.07, 6.45) is 7.81. The zero-order valence-electron chi connectivity index (χ0n) is 18.8. The molecule has 180 valence electrons. The Morgan fingerprint density at radius 1 is 1.25 bits per heavy atom. The number of carbonyl (C=O) groups excluding carboxylic acids is 1. The zero-order chi connectivity index (χ0) is 23.5. The highest BCUT2D eigenvalue weighted by molar-refractivity contribution is 6.33. The lowest BCUT2D eigenvalue weighted by Crippen LogP contribution is -2.42. The van der Waals surface area contributed by atoms with Crippen LogP contribution < -0.4 is 4.74 Å². The van der Waals surface area contributed by atoms with Crippen LogP contribution in [0.1, 0.15) is 82.8 Å². The minimum absolute atomic E-state index is 0.0374. The van der Waals surface area contributed by atoms with Gasteiger partial charge >= 0.3 is 0 Å². The first-order valence-electron chi connectivity index (χ1n) is 11.5. The minimum atomic E-state index is -1.10. The molecule has 0 aliphatic heterocycles. The Balaban J connectivity index is 1.85. The topological polar surface area (TPSA) is 113 Å². The maximum absolute atomic E-state index is 12.9. The van der Waals surface area contributed by atoms with Crippen LogP contribution in [0.5, 0.6) is 5.75 Å². The van der Waals surface area contributed by atoms with Crippen LogP contribution in [0.2, 0.25) is 5.02 Å². The van der Waals surface area contributed by atoms with Crippen molar-refractivity contribution in [1.29, 1.82) is 0 Å². The van der Waals surface area contributed by atoms with Crippen molar-refractivity contribution in [2.24, 2.45) is 0 Å². The largest absolute Gasteiger partial charge is 0.492 e. The quantitative estimate of drug-likeness (QED) is 0.243. The molecule has 0 spiro atoms. The second kappa shape index (κ2) is 13.6. The van der Waals surface area contributed by atoms with Crippen LogP contribution in [-0.4, -0.2) is 51.7 Å². The van der Waals surface area contributed by atoms with Crippen LogP contribution in [0, 0.1) is 10.1 Å². The molecule has 1 aliphatic carbocycles. The van der Waals surface area contributed by atoms with Gasteiger partial charge < -0.3 is 19.8 Å². The lowest BCUT2D eigenvalue weighted by Gasteiger charge is -2.34. The Bertz CT molecular complexity index is 752. The summed E-state index contributed by atoms with van der Waals surface area (Å²) >= 11 is 6.24. The number of benzene rings is 1. The number of rotatable bonds is 13. The molecule has 0 saturated heterocycles. The standard InChI is InChI=1S/C23H35ClN2O6/c1-17(28)22-19(26(30)31)12-13-20(23(22)24)32-16-8-5-11-21(29)25(14-6-7-15-27)18-9-3-2-4-10-18/h12-13,17-18,27-28H,2-11,14-16H2,1H3. The van der Waals surface area contributed by atoms with E-state index in [0.717, 1.165) is 32.1 Å². The lowest BCUT2D eigenvalue weighted by molar-refractivity contribution is -0.386. The van der Waals surface area contributed by atoms with Gasteiger partial charge in [-0.3, -0.25) is 14.9 Å². The van der Waals surface area contributed by atoms with E-state index >= 15 is 0 Å². The second-order valence-corrected chi connectivity index (χ2v) is 8.74. The second-order valence-electron chi connectivity index (χ2n) is 8.36. The fraction of sp³-hybridized carbons (Fsp3) is 0.696. The van der Waals surface area contributed by atoms with Gasteiger partial charge in [-0.05, 0) is 51.5 Å². The summed E-state index contributed by atoms with van der Waals surface area (Å²) in [5.41, 5.74) is -0.206. The Morgan fingerprint density at radius 2 is 1.97 bits per heavy atom. The van der Waals surface area contributed by atoms with Crippen LogP contribution in [0.3, 0.4) is 0 Å². The van der Waals surface area contributed by atoms with Crippen LogP contribution in [0.15, 0.2) is 12.1 Å². The molecule has 1 fully saturated rings. The molecule has 1 saturated carbocycles. The summed E-state index contributed by atoms with van der Waals surface area (Å²) in [6, 6.07) is 3.02. The zero-order valence-corrected chi connectivity index (χ0v) is 19.6. The van der Waals surface area contributed by atoms with E-state index < -0.39 is 11.0 Å². The average molecular weight is 471 g/mol. The van der Waals surface area contributed by atoms with Gasteiger partial charge in [-0.1, -0.05) is 30.9 Å². The molecular formula is C23H35ClN2O6. The molecule has 1 aliphatic rings. The Morgan fingerprint density at radius 3 is 2.59 bits per heavy atom. The molecule has 1 atom stereocenters. The predicted octanol–water partition coefficient (Wildman–Crippen LogP) is 4.78. The monoisotopic (exact) mass is 470 g/mol. The maximum atomic E-state index is 12.9. The number of amides is 1. The lowest BCUT2D eigenvalue weighted by atomic mass is 9.93. The third kappa shape index (κ3) is 7.60. The molecule has 32 heavy (non-hydrogen) atoms. The van der Waals surface area contributed by atoms with Crippen molar-refractivity contribution in [1.82, 2.24) is 4.90 Å². The van der Waals surface area contributed by atoms with E-state index in [0.29, 0.717) is 44.9 Å². The number of ether oxygens (including phenoxy) is 1. The summed E-state index contributed by atoms with van der Waals surface area (Å²) in [7, 11) is 0. The maximum Gasteiger partial charge on any atom is 0.276 e. The third-order valence-corrected chi connectivity index (χ3v) is 6.31. The highest BCUT2D eigenvalue weighted by atomic mass is 35.5. The first-order chi connectivity index (χ1) is 15.4. The number of nitro benzene ring substituents is 1. The van der Waals surface area contributed by atoms with Crippen LogP contribution in [0.4, 0.5) is 5.69 Å². The molecule has 0 heterocycles. The number of unbranched alkanes of at least 4 members (excludes halogenated alkanes) is 2. The fourth-order valence-corrected chi connectivity index (χ4v) is 4.60. The van der Waals surface area contributed by atoms with Gasteiger partial charge in [0.05, 0.1) is 28.2 Å². The average Bonchev–Trinajstić information content (AvgIpc) is 2.77. The highest BCUT2D eigenvalue weighted by Gasteiger charge is 2.25. The fourth-order valence-electron chi connectivity index (χ4n) is 4.23. The number of nitrogens with zero attached hydrogens (tertiary/aromatic N) is 2. The van der Waals surface area contributed by atoms with E-state index in [2.05, 4.69) is 0 Å². The molecule has 8 nitrogen and oxygen atoms in total. The third-order valence-electron chi connectivity index (χ3n) is 5.92. The number of nitro groups is 1. The molecule has 9 heteroatoms. The van der Waals surface area contributed by atoms with Gasteiger partial charge in [-0.25, -0.2) is 0 Å². The number of carbonyl (C=O) groups is 1. The van der Waals surface area contributed by atoms with Gasteiger partial charge in [0, 0.05) is 31.7 Å². The molecule has 2 rings (SSSR count). The molecular weight excluding hydrogens is 436 g/mol. The van der Waals surface area contributed by atoms with Crippen molar-refractivity contribution in [3.63, 3.8) is 0 Å². The van der Waals surface area contributed by atoms with Crippen LogP contribution in [0.25, 0.3) is 0 Å². The Kier molecular flexibility index (Phi) is 11.2. The van der Waals surface area contributed by atoms with E-state index in [1.807, 2.05) is 4.90 Å². The van der Waals surface area contributed by atoms with Gasteiger partial charge in [0.2, 0.25) is 5.91 Å². The predicted molar refractivity (Wildman–Crippen MR) is 123 cm³/mol. The Labute approximate surface area is 194 Å². The van der Waals surface area contributed by atoms with Crippen LogP contribution in [-0.2, 0) is 4.79 Å². The van der Waals surface area contributed by atoms with Gasteiger partial charge in [-0.2, -0.15) is 0 Å². The van der Waals surface area contributed by atoms with E-state index in [4.69, 9.17) is 21.4 Å². The minimum Gasteiger partial charge on any atom is -0.492 e. The van der Waals surface area contributed by atoms with Crippen molar-refractivity contribution in [3.05, 3.63) is 32.8 Å². The van der Waals surface area contributed by atoms with E-state index in [-0.39, 0.29) is 34.5 Å². The van der Waals surface area contributed by atoms with Crippen molar-refractivity contribution < 1.29 is 24.7 Å². The molecule has 1 amide bonds. The first kappa shape index (κ1) is 26.4. The molecule has 2 N–H and O–H groups in total. The van der Waals surface area contributed by atoms with Gasteiger partial charge in [0.1, 0.15) is 5.75 Å². The smallest absolute Gasteiger partial charge is 0.276 e. The summed E-state index contributed by atoms with van der Waals surface area (Å²) in [4.78, 5) is 25.4. The van der Waals surface area contributed by atoms with Crippen molar-refractivity contribution >= 4 is 23.2 Å². The summed E-state index contributed by atoms with van der Waals surface area (Å²) in [5, 5.41) is 30.1. The first-order valence-corrected chi connectivity index (χ1v) is 11.9. The SMILES string of the molecule is CC(O)c1c([N+](=O)[O-])ccc(OCCCCC(=O)N(CCCCO)C2CCCCC2)c1Cl. The van der Waals surface area contributed by atoms with E-state index in [9.17, 15) is 20.0 Å². The molecule has 1 aromatic rings. The molecule has 0 bridgehead atoms. The van der Waals surface area contributed by atoms with Crippen molar-refractivity contribution in [3.8, 4) is 5.75 Å². The molecule has 0 radical (unpaired) electrons. The number of aliphatic hydroxyl groups excluding tert-OH is 2. The normalized spacial score (nSPS) is 15.4. The summed E-state index contributed by atoms with van der Waals surface area (Å²) < 4.78 is 5.68. The number of hydrogen-bond donors (Lipinski definition) is 2. The van der Waals surface area contributed by atoms with Gasteiger partial charge in [0.25, 0.3) is 5.69 Å². The molecule has 0 aromatic heterocycles. The Hall–Kier alpha value is -1.90. The summed E-state index contributed by atoms with van der Waals surface area (Å²) in [6.45, 7) is 2.58. The van der Waals surface area contributed by atoms with E-state index in [1.165, 1.54) is 25.5 Å². The van der Waals surface area contributed by atoms with Crippen molar-refractivity contribution in [2.75, 3.05) is 19.8 Å². The molecule has 1 unspecified atom stereocenters. The summed E-state index contributed by atoms with van der Waals surface area (Å²) in [5.74, 6) is 0.437.